The van der Waals surface area contributed by atoms with Gasteiger partial charge in [-0.2, -0.15) is 0 Å². The molecule has 1 aromatic carbocycles. The van der Waals surface area contributed by atoms with Crippen molar-refractivity contribution in [3.63, 3.8) is 0 Å². The molecular formula is C18H21N3O3. The summed E-state index contributed by atoms with van der Waals surface area (Å²) in [5.74, 6) is 0.0350. The van der Waals surface area contributed by atoms with Crippen LogP contribution in [-0.4, -0.2) is 49.4 Å². The Kier molecular flexibility index (Phi) is 5.52. The number of carbonyl (C=O) groups excluding carboxylic acids is 2. The summed E-state index contributed by atoms with van der Waals surface area (Å²) in [4.78, 5) is 32.2. The molecule has 0 saturated carbocycles. The standard InChI is InChI=1S/C18H21N3O3/c1-5-20(2)18(23)15-11-13(8-9-16(15)24-4)17(22)21(3)14-7-6-10-19-12-14/h6-12H,5H2,1-4H3. The van der Waals surface area contributed by atoms with Crippen LogP contribution in [0.2, 0.25) is 0 Å². The molecule has 126 valence electrons. The molecule has 6 nitrogen and oxygen atoms in total. The van der Waals surface area contributed by atoms with E-state index in [4.69, 9.17) is 4.74 Å². The van der Waals surface area contributed by atoms with E-state index in [0.717, 1.165) is 0 Å². The number of hydrogen-bond donors (Lipinski definition) is 0. The fourth-order valence-electron chi connectivity index (χ4n) is 2.22. The molecule has 0 radical (unpaired) electrons. The van der Waals surface area contributed by atoms with Gasteiger partial charge < -0.3 is 14.5 Å². The first-order valence-electron chi connectivity index (χ1n) is 7.61. The monoisotopic (exact) mass is 327 g/mol. The van der Waals surface area contributed by atoms with Crippen LogP contribution in [0.25, 0.3) is 0 Å². The zero-order valence-corrected chi connectivity index (χ0v) is 14.3. The maximum atomic E-state index is 12.7. The molecule has 24 heavy (non-hydrogen) atoms. The number of methoxy groups -OCH3 is 1. The smallest absolute Gasteiger partial charge is 0.258 e. The van der Waals surface area contributed by atoms with Crippen molar-refractivity contribution in [1.29, 1.82) is 0 Å². The van der Waals surface area contributed by atoms with Gasteiger partial charge in [-0.3, -0.25) is 14.6 Å². The summed E-state index contributed by atoms with van der Waals surface area (Å²) in [7, 11) is 4.88. The zero-order valence-electron chi connectivity index (χ0n) is 14.3. The Balaban J connectivity index is 2.37. The van der Waals surface area contributed by atoms with Crippen molar-refractivity contribution in [2.24, 2.45) is 0 Å². The van der Waals surface area contributed by atoms with Gasteiger partial charge in [-0.1, -0.05) is 0 Å². The van der Waals surface area contributed by atoms with Gasteiger partial charge in [-0.15, -0.1) is 0 Å². The Bertz CT molecular complexity index is 732. The van der Waals surface area contributed by atoms with E-state index >= 15 is 0 Å². The summed E-state index contributed by atoms with van der Waals surface area (Å²) < 4.78 is 5.26. The molecule has 0 saturated heterocycles. The van der Waals surface area contributed by atoms with Crippen molar-refractivity contribution in [1.82, 2.24) is 9.88 Å². The lowest BCUT2D eigenvalue weighted by Crippen LogP contribution is -2.29. The van der Waals surface area contributed by atoms with Crippen LogP contribution >= 0.6 is 0 Å². The first kappa shape index (κ1) is 17.5. The van der Waals surface area contributed by atoms with Crippen LogP contribution in [0.15, 0.2) is 42.7 Å². The Morgan fingerprint density at radius 3 is 2.50 bits per heavy atom. The van der Waals surface area contributed by atoms with E-state index in [1.165, 1.54) is 12.0 Å². The fraction of sp³-hybridized carbons (Fsp3) is 0.278. The maximum absolute atomic E-state index is 12.7. The Morgan fingerprint density at radius 1 is 1.17 bits per heavy atom. The van der Waals surface area contributed by atoms with Crippen molar-refractivity contribution in [3.05, 3.63) is 53.9 Å². The molecule has 6 heteroatoms. The van der Waals surface area contributed by atoms with Gasteiger partial charge in [0.15, 0.2) is 0 Å². The van der Waals surface area contributed by atoms with Crippen LogP contribution in [0, 0.1) is 0 Å². The summed E-state index contributed by atoms with van der Waals surface area (Å²) in [6.07, 6.45) is 3.25. The number of carbonyl (C=O) groups is 2. The van der Waals surface area contributed by atoms with E-state index in [0.29, 0.717) is 29.1 Å². The molecule has 0 fully saturated rings. The van der Waals surface area contributed by atoms with Crippen LogP contribution in [0.3, 0.4) is 0 Å². The topological polar surface area (TPSA) is 62.7 Å². The number of anilines is 1. The van der Waals surface area contributed by atoms with Crippen molar-refractivity contribution < 1.29 is 14.3 Å². The summed E-state index contributed by atoms with van der Waals surface area (Å²) >= 11 is 0. The molecule has 0 aliphatic heterocycles. The van der Waals surface area contributed by atoms with Gasteiger partial charge in [-0.05, 0) is 37.3 Å². The molecule has 0 bridgehead atoms. The van der Waals surface area contributed by atoms with Crippen molar-refractivity contribution >= 4 is 17.5 Å². The largest absolute Gasteiger partial charge is 0.496 e. The molecule has 0 unspecified atom stereocenters. The second-order valence-corrected chi connectivity index (χ2v) is 5.31. The fourth-order valence-corrected chi connectivity index (χ4v) is 2.22. The number of benzene rings is 1. The van der Waals surface area contributed by atoms with Gasteiger partial charge >= 0.3 is 0 Å². The van der Waals surface area contributed by atoms with E-state index in [-0.39, 0.29) is 11.8 Å². The second-order valence-electron chi connectivity index (χ2n) is 5.31. The number of rotatable bonds is 5. The van der Waals surface area contributed by atoms with Crippen LogP contribution in [0.5, 0.6) is 5.75 Å². The highest BCUT2D eigenvalue weighted by molar-refractivity contribution is 6.07. The van der Waals surface area contributed by atoms with E-state index in [1.54, 1.807) is 61.7 Å². The van der Waals surface area contributed by atoms with Gasteiger partial charge in [0.1, 0.15) is 5.75 Å². The minimum atomic E-state index is -0.223. The van der Waals surface area contributed by atoms with E-state index in [9.17, 15) is 9.59 Å². The molecule has 2 amide bonds. The van der Waals surface area contributed by atoms with Crippen LogP contribution in [0.1, 0.15) is 27.6 Å². The van der Waals surface area contributed by atoms with Crippen molar-refractivity contribution in [3.8, 4) is 5.75 Å². The molecule has 0 aliphatic rings. The first-order chi connectivity index (χ1) is 11.5. The minimum Gasteiger partial charge on any atom is -0.496 e. The van der Waals surface area contributed by atoms with Gasteiger partial charge in [0, 0.05) is 32.4 Å². The Hall–Kier alpha value is -2.89. The third-order valence-electron chi connectivity index (χ3n) is 3.84. The highest BCUT2D eigenvalue weighted by Crippen LogP contribution is 2.23. The molecule has 0 N–H and O–H groups in total. The molecule has 1 heterocycles. The predicted molar refractivity (Wildman–Crippen MR) is 92.6 cm³/mol. The molecule has 2 aromatic rings. The molecule has 0 spiro atoms. The predicted octanol–water partition coefficient (Wildman–Crippen LogP) is 2.46. The number of ether oxygens (including phenoxy) is 1. The normalized spacial score (nSPS) is 10.2. The van der Waals surface area contributed by atoms with E-state index in [1.807, 2.05) is 6.92 Å². The number of pyridine rings is 1. The Labute approximate surface area is 141 Å². The second kappa shape index (κ2) is 7.59. The number of aromatic nitrogens is 1. The minimum absolute atomic E-state index is 0.187. The number of hydrogen-bond acceptors (Lipinski definition) is 4. The van der Waals surface area contributed by atoms with Gasteiger partial charge in [-0.25, -0.2) is 0 Å². The number of nitrogens with zero attached hydrogens (tertiary/aromatic N) is 3. The zero-order chi connectivity index (χ0) is 17.7. The highest BCUT2D eigenvalue weighted by Gasteiger charge is 2.20. The average molecular weight is 327 g/mol. The Morgan fingerprint density at radius 2 is 1.92 bits per heavy atom. The average Bonchev–Trinajstić information content (AvgIpc) is 2.65. The quantitative estimate of drug-likeness (QED) is 0.846. The summed E-state index contributed by atoms with van der Waals surface area (Å²) in [6, 6.07) is 8.42. The van der Waals surface area contributed by atoms with E-state index in [2.05, 4.69) is 4.98 Å². The van der Waals surface area contributed by atoms with Gasteiger partial charge in [0.2, 0.25) is 0 Å². The first-order valence-corrected chi connectivity index (χ1v) is 7.61. The lowest BCUT2D eigenvalue weighted by atomic mass is 10.1. The van der Waals surface area contributed by atoms with Crippen LogP contribution in [-0.2, 0) is 0 Å². The summed E-state index contributed by atoms with van der Waals surface area (Å²) in [5.41, 5.74) is 1.46. The van der Waals surface area contributed by atoms with Crippen molar-refractivity contribution in [2.75, 3.05) is 32.6 Å². The number of amides is 2. The molecule has 0 atom stereocenters. The van der Waals surface area contributed by atoms with Gasteiger partial charge in [0.25, 0.3) is 11.8 Å². The summed E-state index contributed by atoms with van der Waals surface area (Å²) in [5, 5.41) is 0. The van der Waals surface area contributed by atoms with E-state index < -0.39 is 0 Å². The highest BCUT2D eigenvalue weighted by atomic mass is 16.5. The third-order valence-corrected chi connectivity index (χ3v) is 3.84. The summed E-state index contributed by atoms with van der Waals surface area (Å²) in [6.45, 7) is 2.45. The SMILES string of the molecule is CCN(C)C(=O)c1cc(C(=O)N(C)c2cccnc2)ccc1OC. The van der Waals surface area contributed by atoms with Crippen LogP contribution < -0.4 is 9.64 Å². The maximum Gasteiger partial charge on any atom is 0.258 e. The lowest BCUT2D eigenvalue weighted by molar-refractivity contribution is 0.0799. The lowest BCUT2D eigenvalue weighted by Gasteiger charge is -2.19. The molecule has 2 rings (SSSR count). The van der Waals surface area contributed by atoms with Gasteiger partial charge in [0.05, 0.1) is 24.6 Å². The molecule has 0 aliphatic carbocycles. The third kappa shape index (κ3) is 3.53. The van der Waals surface area contributed by atoms with Crippen molar-refractivity contribution in [2.45, 2.75) is 6.92 Å². The molecular weight excluding hydrogens is 306 g/mol. The molecule has 1 aromatic heterocycles. The van der Waals surface area contributed by atoms with Crippen LogP contribution in [0.4, 0.5) is 5.69 Å².